The van der Waals surface area contributed by atoms with Crippen molar-refractivity contribution in [3.63, 3.8) is 0 Å². The molecule has 7 heteroatoms. The topological polar surface area (TPSA) is 46.5 Å². The Labute approximate surface area is 151 Å². The first-order valence-electron chi connectivity index (χ1n) is 5.67. The van der Waals surface area contributed by atoms with Crippen molar-refractivity contribution in [3.8, 4) is 5.75 Å². The van der Waals surface area contributed by atoms with Gasteiger partial charge in [-0.1, -0.05) is 33.6 Å². The Bertz CT molecular complexity index is 681. The number of carbonyl (C=O) groups is 1. The van der Waals surface area contributed by atoms with Crippen molar-refractivity contribution >= 4 is 65.4 Å². The molecule has 110 valence electrons. The fourth-order valence-electron chi connectivity index (χ4n) is 1.61. The van der Waals surface area contributed by atoms with E-state index >= 15 is 0 Å². The Morgan fingerprint density at radius 1 is 1.14 bits per heavy atom. The molecule has 2 rings (SSSR count). The van der Waals surface area contributed by atoms with Gasteiger partial charge in [0.1, 0.15) is 12.4 Å². The van der Waals surface area contributed by atoms with Crippen molar-refractivity contribution in [2.75, 3.05) is 0 Å². The van der Waals surface area contributed by atoms with Crippen LogP contribution in [0.4, 0.5) is 0 Å². The van der Waals surface area contributed by atoms with Gasteiger partial charge in [0.2, 0.25) is 0 Å². The predicted molar refractivity (Wildman–Crippen MR) is 92.3 cm³/mol. The highest BCUT2D eigenvalue weighted by atomic mass is 79.9. The average molecular weight is 499 g/mol. The molecule has 0 fully saturated rings. The van der Waals surface area contributed by atoms with E-state index < -0.39 is 5.97 Å². The summed E-state index contributed by atoms with van der Waals surface area (Å²) >= 11 is 16.1. The summed E-state index contributed by atoms with van der Waals surface area (Å²) in [6, 6.07) is 8.51. The highest BCUT2D eigenvalue weighted by Gasteiger charge is 2.13. The lowest BCUT2D eigenvalue weighted by atomic mass is 10.2. The van der Waals surface area contributed by atoms with E-state index in [0.29, 0.717) is 19.7 Å². The maximum atomic E-state index is 11.0. The van der Waals surface area contributed by atoms with Crippen LogP contribution in [-0.2, 0) is 6.61 Å². The van der Waals surface area contributed by atoms with Gasteiger partial charge in [0, 0.05) is 15.1 Å². The smallest absolute Gasteiger partial charge is 0.335 e. The molecule has 0 aliphatic carbocycles. The zero-order chi connectivity index (χ0) is 15.6. The minimum Gasteiger partial charge on any atom is -0.486 e. The van der Waals surface area contributed by atoms with E-state index in [1.54, 1.807) is 6.07 Å². The summed E-state index contributed by atoms with van der Waals surface area (Å²) in [7, 11) is 0. The van der Waals surface area contributed by atoms with Gasteiger partial charge in [-0.25, -0.2) is 4.79 Å². The second-order valence-corrected chi connectivity index (χ2v) is 7.13. The lowest BCUT2D eigenvalue weighted by Gasteiger charge is -2.12. The normalized spacial score (nSPS) is 10.5. The number of halogens is 4. The highest BCUT2D eigenvalue weighted by molar-refractivity contribution is 9.11. The molecular weight excluding hydrogens is 491 g/mol. The first-order valence-corrected chi connectivity index (χ1v) is 8.43. The Morgan fingerprint density at radius 3 is 2.29 bits per heavy atom. The van der Waals surface area contributed by atoms with Gasteiger partial charge in [-0.15, -0.1) is 0 Å². The van der Waals surface area contributed by atoms with E-state index in [9.17, 15) is 4.79 Å². The molecule has 1 N–H and O–H groups in total. The van der Waals surface area contributed by atoms with Crippen LogP contribution < -0.4 is 4.74 Å². The van der Waals surface area contributed by atoms with Crippen LogP contribution in [0.1, 0.15) is 15.9 Å². The molecule has 0 aromatic heterocycles. The molecule has 0 saturated heterocycles. The van der Waals surface area contributed by atoms with Crippen LogP contribution in [0.5, 0.6) is 5.75 Å². The van der Waals surface area contributed by atoms with Gasteiger partial charge in [-0.2, -0.15) is 0 Å². The number of carboxylic acid groups (broad SMARTS) is 1. The van der Waals surface area contributed by atoms with Gasteiger partial charge in [0.05, 0.1) is 14.5 Å². The van der Waals surface area contributed by atoms with Crippen LogP contribution in [0, 0.1) is 0 Å². The lowest BCUT2D eigenvalue weighted by Crippen LogP contribution is -2.01. The summed E-state index contributed by atoms with van der Waals surface area (Å²) in [5.74, 6) is -0.474. The van der Waals surface area contributed by atoms with Crippen molar-refractivity contribution in [2.45, 2.75) is 6.61 Å². The minimum atomic E-state index is -1.00. The van der Waals surface area contributed by atoms with E-state index in [0.717, 1.165) is 10.0 Å². The van der Waals surface area contributed by atoms with E-state index in [1.165, 1.54) is 12.1 Å². The number of ether oxygens (including phenoxy) is 1. The number of rotatable bonds is 4. The minimum absolute atomic E-state index is 0.169. The fraction of sp³-hybridized carbons (Fsp3) is 0.0714. The van der Waals surface area contributed by atoms with Gasteiger partial charge >= 0.3 is 5.97 Å². The van der Waals surface area contributed by atoms with Crippen LogP contribution in [0.15, 0.2) is 43.7 Å². The van der Waals surface area contributed by atoms with Crippen LogP contribution in [-0.4, -0.2) is 11.1 Å². The third kappa shape index (κ3) is 4.22. The summed E-state index contributed by atoms with van der Waals surface area (Å²) in [5, 5.41) is 9.59. The monoisotopic (exact) mass is 496 g/mol. The maximum absolute atomic E-state index is 11.0. The number of hydrogen-bond donors (Lipinski definition) is 1. The van der Waals surface area contributed by atoms with Crippen molar-refractivity contribution in [3.05, 3.63) is 59.9 Å². The standard InChI is InChI=1S/C14H8Br3ClO3/c15-9-2-1-7(12(18)5-9)6-21-13-10(16)3-8(14(19)20)4-11(13)17/h1-5H,6H2,(H,19,20). The first-order chi connectivity index (χ1) is 9.88. The average Bonchev–Trinajstić information content (AvgIpc) is 2.39. The molecule has 0 amide bonds. The van der Waals surface area contributed by atoms with Gasteiger partial charge < -0.3 is 9.84 Å². The van der Waals surface area contributed by atoms with Gasteiger partial charge in [-0.3, -0.25) is 0 Å². The van der Waals surface area contributed by atoms with Crippen molar-refractivity contribution < 1.29 is 14.6 Å². The molecule has 0 unspecified atom stereocenters. The predicted octanol–water partition coefficient (Wildman–Crippen LogP) is 5.90. The summed E-state index contributed by atoms with van der Waals surface area (Å²) in [6.07, 6.45) is 0. The Hall–Kier alpha value is -0.560. The molecule has 3 nitrogen and oxygen atoms in total. The molecule has 2 aromatic rings. The van der Waals surface area contributed by atoms with Crippen LogP contribution in [0.25, 0.3) is 0 Å². The molecule has 0 heterocycles. The van der Waals surface area contributed by atoms with Crippen molar-refractivity contribution in [1.29, 1.82) is 0 Å². The SMILES string of the molecule is O=C(O)c1cc(Br)c(OCc2ccc(Br)cc2Cl)c(Br)c1. The summed E-state index contributed by atoms with van der Waals surface area (Å²) in [4.78, 5) is 11.0. The zero-order valence-electron chi connectivity index (χ0n) is 10.4. The van der Waals surface area contributed by atoms with Gasteiger partial charge in [0.15, 0.2) is 0 Å². The molecule has 21 heavy (non-hydrogen) atoms. The number of benzene rings is 2. The lowest BCUT2D eigenvalue weighted by molar-refractivity contribution is 0.0696. The second kappa shape index (κ2) is 7.13. The number of aromatic carboxylic acids is 1. The van der Waals surface area contributed by atoms with Crippen LogP contribution >= 0.6 is 59.4 Å². The number of hydrogen-bond acceptors (Lipinski definition) is 2. The second-order valence-electron chi connectivity index (χ2n) is 4.10. The Morgan fingerprint density at radius 2 is 1.76 bits per heavy atom. The molecule has 0 saturated carbocycles. The van der Waals surface area contributed by atoms with Crippen molar-refractivity contribution in [1.82, 2.24) is 0 Å². The van der Waals surface area contributed by atoms with Gasteiger partial charge in [0.25, 0.3) is 0 Å². The quantitative estimate of drug-likeness (QED) is 0.570. The summed E-state index contributed by atoms with van der Waals surface area (Å²) in [6.45, 7) is 0.274. The van der Waals surface area contributed by atoms with E-state index in [2.05, 4.69) is 47.8 Å². The summed E-state index contributed by atoms with van der Waals surface area (Å²) < 4.78 is 7.73. The maximum Gasteiger partial charge on any atom is 0.335 e. The summed E-state index contributed by atoms with van der Waals surface area (Å²) in [5.41, 5.74) is 1.00. The fourth-order valence-corrected chi connectivity index (χ4v) is 3.75. The Kier molecular flexibility index (Phi) is 5.71. The van der Waals surface area contributed by atoms with Crippen LogP contribution in [0.2, 0.25) is 5.02 Å². The molecule has 0 aliphatic heterocycles. The third-order valence-corrected chi connectivity index (χ3v) is 4.66. The molecule has 0 spiro atoms. The molecule has 0 aliphatic rings. The van der Waals surface area contributed by atoms with Gasteiger partial charge in [-0.05, 0) is 56.1 Å². The number of carboxylic acids is 1. The first kappa shape index (κ1) is 16.8. The van der Waals surface area contributed by atoms with E-state index in [1.807, 2.05) is 12.1 Å². The highest BCUT2D eigenvalue weighted by Crippen LogP contribution is 2.36. The third-order valence-electron chi connectivity index (χ3n) is 2.63. The van der Waals surface area contributed by atoms with E-state index in [4.69, 9.17) is 21.4 Å². The molecule has 0 radical (unpaired) electrons. The molecular formula is C14H8Br3ClO3. The molecule has 2 aromatic carbocycles. The molecule has 0 bridgehead atoms. The largest absolute Gasteiger partial charge is 0.486 e. The van der Waals surface area contributed by atoms with Crippen LogP contribution in [0.3, 0.4) is 0 Å². The Balaban J connectivity index is 2.22. The zero-order valence-corrected chi connectivity index (χ0v) is 15.9. The van der Waals surface area contributed by atoms with Crippen molar-refractivity contribution in [2.24, 2.45) is 0 Å². The van der Waals surface area contributed by atoms with E-state index in [-0.39, 0.29) is 12.2 Å². The molecule has 0 atom stereocenters.